The van der Waals surface area contributed by atoms with Crippen molar-refractivity contribution in [2.75, 3.05) is 18.0 Å². The van der Waals surface area contributed by atoms with Gasteiger partial charge >= 0.3 is 6.03 Å². The van der Waals surface area contributed by atoms with E-state index in [0.717, 1.165) is 18.2 Å². The highest BCUT2D eigenvalue weighted by molar-refractivity contribution is 5.75. The van der Waals surface area contributed by atoms with Gasteiger partial charge in [0.2, 0.25) is 0 Å². The molecule has 0 radical (unpaired) electrons. The lowest BCUT2D eigenvalue weighted by Gasteiger charge is -2.30. The van der Waals surface area contributed by atoms with Crippen LogP contribution in [-0.2, 0) is 0 Å². The van der Waals surface area contributed by atoms with Gasteiger partial charge in [0.1, 0.15) is 5.82 Å². The Labute approximate surface area is 187 Å². The van der Waals surface area contributed by atoms with E-state index in [1.807, 2.05) is 4.90 Å². The van der Waals surface area contributed by atoms with E-state index >= 15 is 0 Å². The number of nitrogens with zero attached hydrogens (tertiary/aromatic N) is 5. The van der Waals surface area contributed by atoms with E-state index < -0.39 is 36.5 Å². The molecular formula is C22H23F3N6O2. The number of alkyl halides is 2. The summed E-state index contributed by atoms with van der Waals surface area (Å²) in [7, 11) is 0. The Balaban J connectivity index is 1.66. The van der Waals surface area contributed by atoms with Crippen LogP contribution in [0, 0.1) is 5.82 Å². The van der Waals surface area contributed by atoms with Crippen molar-refractivity contribution >= 4 is 17.5 Å². The van der Waals surface area contributed by atoms with Crippen LogP contribution < -0.4 is 10.6 Å². The molecule has 5 rings (SSSR count). The van der Waals surface area contributed by atoms with Crippen molar-refractivity contribution in [1.29, 1.82) is 0 Å². The third kappa shape index (κ3) is 3.65. The lowest BCUT2D eigenvalue weighted by atomic mass is 9.97. The highest BCUT2D eigenvalue weighted by Gasteiger charge is 2.41. The van der Waals surface area contributed by atoms with Crippen LogP contribution in [0.3, 0.4) is 0 Å². The topological polar surface area (TPSA) is 100.0 Å². The molecule has 3 N–H and O–H groups in total. The number of benzene rings is 1. The number of anilines is 1. The molecule has 2 fully saturated rings. The summed E-state index contributed by atoms with van der Waals surface area (Å²) in [5, 5.41) is 14.9. The summed E-state index contributed by atoms with van der Waals surface area (Å²) in [6, 6.07) is 3.24. The number of aliphatic hydroxyl groups is 1. The number of β-amino-alcohol motifs (C(OH)–C–C–N with tert-alkyl or cyclic N) is 1. The van der Waals surface area contributed by atoms with Crippen molar-refractivity contribution in [2.45, 2.75) is 43.9 Å². The summed E-state index contributed by atoms with van der Waals surface area (Å²) in [6.07, 6.45) is 1.25. The van der Waals surface area contributed by atoms with Crippen molar-refractivity contribution in [2.24, 2.45) is 5.73 Å². The molecule has 2 aliphatic rings. The summed E-state index contributed by atoms with van der Waals surface area (Å²) in [5.74, 6) is -0.122. The number of primary amides is 1. The lowest BCUT2D eigenvalue weighted by molar-refractivity contribution is 0.149. The molecule has 174 valence electrons. The van der Waals surface area contributed by atoms with Crippen molar-refractivity contribution < 1.29 is 23.1 Å². The van der Waals surface area contributed by atoms with E-state index in [0.29, 0.717) is 36.4 Å². The average molecular weight is 460 g/mol. The molecule has 2 aliphatic heterocycles. The van der Waals surface area contributed by atoms with E-state index in [1.165, 1.54) is 4.90 Å². The number of likely N-dealkylation sites (tertiary alicyclic amines) is 1. The van der Waals surface area contributed by atoms with Crippen LogP contribution in [-0.4, -0.2) is 49.8 Å². The molecule has 0 saturated carbocycles. The smallest absolute Gasteiger partial charge is 0.315 e. The predicted octanol–water partition coefficient (Wildman–Crippen LogP) is 3.33. The number of carbonyl (C=O) groups excluding carboxylic acids is 1. The van der Waals surface area contributed by atoms with Crippen molar-refractivity contribution in [1.82, 2.24) is 19.5 Å². The standard InChI is InChI=1S/C22H23F3N6O2/c23-12-4-5-14(19(24)25)15(9-12)16-3-1-7-29(16)21-18(20-27-6-2-8-31(20)28-21)17-10-13(32)11-30(17)22(26)33/h2,4-6,8-9,13,16-17,19,32H,1,3,7,10-11H2,(H2,26,33)/t13?,16-,17?/m1/s1. The van der Waals surface area contributed by atoms with Gasteiger partial charge in [-0.05, 0) is 36.6 Å². The number of nitrogens with two attached hydrogens (primary N) is 1. The molecule has 1 aromatic carbocycles. The highest BCUT2D eigenvalue weighted by Crippen LogP contribution is 2.45. The zero-order valence-electron chi connectivity index (χ0n) is 17.6. The largest absolute Gasteiger partial charge is 0.391 e. The van der Waals surface area contributed by atoms with Crippen LogP contribution in [0.4, 0.5) is 23.8 Å². The molecule has 0 bridgehead atoms. The van der Waals surface area contributed by atoms with Gasteiger partial charge in [0.05, 0.1) is 23.8 Å². The zero-order chi connectivity index (χ0) is 23.3. The van der Waals surface area contributed by atoms with Crippen LogP contribution in [0.15, 0.2) is 36.7 Å². The van der Waals surface area contributed by atoms with Gasteiger partial charge in [-0.25, -0.2) is 27.5 Å². The van der Waals surface area contributed by atoms with Gasteiger partial charge < -0.3 is 20.6 Å². The molecule has 0 spiro atoms. The number of urea groups is 1. The molecule has 3 aromatic rings. The number of rotatable bonds is 4. The van der Waals surface area contributed by atoms with Gasteiger partial charge in [-0.3, -0.25) is 0 Å². The molecular weight excluding hydrogens is 437 g/mol. The first-order valence-electron chi connectivity index (χ1n) is 10.8. The zero-order valence-corrected chi connectivity index (χ0v) is 17.6. The van der Waals surface area contributed by atoms with E-state index in [1.54, 1.807) is 23.0 Å². The van der Waals surface area contributed by atoms with Crippen LogP contribution in [0.5, 0.6) is 0 Å². The van der Waals surface area contributed by atoms with E-state index in [-0.39, 0.29) is 24.1 Å². The fourth-order valence-corrected chi connectivity index (χ4v) is 5.11. The lowest BCUT2D eigenvalue weighted by Crippen LogP contribution is -2.36. The molecule has 2 unspecified atom stereocenters. The van der Waals surface area contributed by atoms with Gasteiger partial charge in [-0.1, -0.05) is 6.07 Å². The molecule has 33 heavy (non-hydrogen) atoms. The summed E-state index contributed by atoms with van der Waals surface area (Å²) in [4.78, 5) is 19.8. The molecule has 8 nitrogen and oxygen atoms in total. The predicted molar refractivity (Wildman–Crippen MR) is 113 cm³/mol. The minimum Gasteiger partial charge on any atom is -0.391 e. The normalized spacial score (nSPS) is 23.2. The number of aromatic nitrogens is 3. The van der Waals surface area contributed by atoms with Crippen molar-refractivity contribution in [3.8, 4) is 0 Å². The third-order valence-electron chi connectivity index (χ3n) is 6.47. The molecule has 2 amide bonds. The molecule has 3 atom stereocenters. The first-order chi connectivity index (χ1) is 15.8. The number of halogens is 3. The second-order valence-electron chi connectivity index (χ2n) is 8.45. The maximum atomic E-state index is 14.1. The molecule has 2 saturated heterocycles. The quantitative estimate of drug-likeness (QED) is 0.622. The Kier molecular flexibility index (Phi) is 5.35. The van der Waals surface area contributed by atoms with E-state index in [4.69, 9.17) is 5.73 Å². The fourth-order valence-electron chi connectivity index (χ4n) is 5.11. The Bertz CT molecular complexity index is 1200. The number of carbonyl (C=O) groups is 1. The van der Waals surface area contributed by atoms with Crippen LogP contribution in [0.2, 0.25) is 0 Å². The maximum absolute atomic E-state index is 14.1. The van der Waals surface area contributed by atoms with E-state index in [9.17, 15) is 23.1 Å². The Morgan fingerprint density at radius 2 is 2.09 bits per heavy atom. The first-order valence-corrected chi connectivity index (χ1v) is 10.8. The van der Waals surface area contributed by atoms with Crippen molar-refractivity contribution in [3.05, 3.63) is 59.2 Å². The number of hydrogen-bond donors (Lipinski definition) is 2. The first kappa shape index (κ1) is 21.5. The molecule has 4 heterocycles. The monoisotopic (exact) mass is 460 g/mol. The van der Waals surface area contributed by atoms with Crippen molar-refractivity contribution in [3.63, 3.8) is 0 Å². The molecule has 2 aromatic heterocycles. The second kappa shape index (κ2) is 8.22. The van der Waals surface area contributed by atoms with Gasteiger partial charge in [0, 0.05) is 37.5 Å². The molecule has 0 aliphatic carbocycles. The van der Waals surface area contributed by atoms with Crippen LogP contribution in [0.25, 0.3) is 5.65 Å². The average Bonchev–Trinajstić information content (AvgIpc) is 3.49. The Morgan fingerprint density at radius 1 is 1.27 bits per heavy atom. The molecule has 11 heteroatoms. The van der Waals surface area contributed by atoms with Gasteiger partial charge in [-0.15, -0.1) is 5.10 Å². The Hall–Kier alpha value is -3.34. The second-order valence-corrected chi connectivity index (χ2v) is 8.45. The van der Waals surface area contributed by atoms with Crippen LogP contribution >= 0.6 is 0 Å². The third-order valence-corrected chi connectivity index (χ3v) is 6.47. The number of hydrogen-bond acceptors (Lipinski definition) is 5. The fraction of sp³-hybridized carbons (Fsp3) is 0.409. The number of aliphatic hydroxyl groups excluding tert-OH is 1. The number of amides is 2. The van der Waals surface area contributed by atoms with Gasteiger partial charge in [-0.2, -0.15) is 0 Å². The minimum absolute atomic E-state index is 0.0759. The minimum atomic E-state index is -2.75. The number of fused-ring (bicyclic) bond motifs is 1. The summed E-state index contributed by atoms with van der Waals surface area (Å²) in [5.41, 5.74) is 6.66. The maximum Gasteiger partial charge on any atom is 0.315 e. The Morgan fingerprint density at radius 3 is 2.85 bits per heavy atom. The summed E-state index contributed by atoms with van der Waals surface area (Å²) in [6.45, 7) is 0.582. The highest BCUT2D eigenvalue weighted by atomic mass is 19.3. The SMILES string of the molecule is NC(=O)N1CC(O)CC1c1c(N2CCC[C@@H]2c2cc(F)ccc2C(F)F)nn2cccnc12. The van der Waals surface area contributed by atoms with Gasteiger partial charge in [0.15, 0.2) is 11.5 Å². The van der Waals surface area contributed by atoms with Crippen LogP contribution in [0.1, 0.15) is 54.5 Å². The summed E-state index contributed by atoms with van der Waals surface area (Å²) >= 11 is 0. The summed E-state index contributed by atoms with van der Waals surface area (Å²) < 4.78 is 43.2. The van der Waals surface area contributed by atoms with Gasteiger partial charge in [0.25, 0.3) is 6.43 Å². The van der Waals surface area contributed by atoms with E-state index in [2.05, 4.69) is 10.1 Å².